The molecule has 0 saturated heterocycles. The summed E-state index contributed by atoms with van der Waals surface area (Å²) in [5, 5.41) is 2.26. The Kier molecular flexibility index (Phi) is 5.81. The Morgan fingerprint density at radius 1 is 0.457 bits per heavy atom. The van der Waals surface area contributed by atoms with Crippen molar-refractivity contribution in [2.45, 2.75) is 19.3 Å². The van der Waals surface area contributed by atoms with Gasteiger partial charge in [-0.1, -0.05) is 135 Å². The van der Waals surface area contributed by atoms with Gasteiger partial charge in [-0.05, 0) is 51.6 Å². The Bertz CT molecular complexity index is 2380. The average Bonchev–Trinajstić information content (AvgIpc) is 3.61. The SMILES string of the molecule is CC1(C)c2ccccc2-c2c(-c3ccc4[nH]c5cccc(-c6nc(-c7ccccc7)nc(-c7ccccc7)n6)c5c4c3)cccc21. The number of aromatic nitrogens is 4. The van der Waals surface area contributed by atoms with Crippen LogP contribution < -0.4 is 0 Å². The van der Waals surface area contributed by atoms with Crippen LogP contribution in [0, 0.1) is 0 Å². The zero-order valence-electron chi connectivity index (χ0n) is 25.6. The second kappa shape index (κ2) is 10.1. The van der Waals surface area contributed by atoms with Gasteiger partial charge in [0.2, 0.25) is 0 Å². The molecule has 0 atom stereocenters. The number of rotatable bonds is 4. The molecule has 2 aromatic heterocycles. The molecule has 0 spiro atoms. The van der Waals surface area contributed by atoms with Gasteiger partial charge in [0.25, 0.3) is 0 Å². The van der Waals surface area contributed by atoms with E-state index in [9.17, 15) is 0 Å². The lowest BCUT2D eigenvalue weighted by Crippen LogP contribution is -2.14. The molecule has 4 nitrogen and oxygen atoms in total. The second-order valence-electron chi connectivity index (χ2n) is 12.6. The van der Waals surface area contributed by atoms with Gasteiger partial charge in [-0.2, -0.15) is 0 Å². The van der Waals surface area contributed by atoms with E-state index < -0.39 is 0 Å². The van der Waals surface area contributed by atoms with Gasteiger partial charge in [0.1, 0.15) is 0 Å². The van der Waals surface area contributed by atoms with E-state index in [0.29, 0.717) is 17.5 Å². The number of hydrogen-bond donors (Lipinski definition) is 1. The molecular weight excluding hydrogens is 560 g/mol. The molecule has 9 rings (SSSR count). The maximum atomic E-state index is 5.07. The van der Waals surface area contributed by atoms with Crippen molar-refractivity contribution in [1.29, 1.82) is 0 Å². The van der Waals surface area contributed by atoms with Crippen molar-refractivity contribution in [3.8, 4) is 56.4 Å². The minimum absolute atomic E-state index is 0.0500. The highest BCUT2D eigenvalue weighted by atomic mass is 15.0. The van der Waals surface area contributed by atoms with Gasteiger partial charge in [0.15, 0.2) is 17.5 Å². The summed E-state index contributed by atoms with van der Waals surface area (Å²) in [4.78, 5) is 18.7. The lowest BCUT2D eigenvalue weighted by Gasteiger charge is -2.21. The molecule has 218 valence electrons. The summed E-state index contributed by atoms with van der Waals surface area (Å²) in [7, 11) is 0. The molecule has 0 radical (unpaired) electrons. The number of fused-ring (bicyclic) bond motifs is 6. The molecule has 0 amide bonds. The third kappa shape index (κ3) is 4.04. The number of H-pyrrole nitrogens is 1. The van der Waals surface area contributed by atoms with E-state index in [1.54, 1.807) is 0 Å². The molecule has 2 heterocycles. The summed E-state index contributed by atoms with van der Waals surface area (Å²) in [6, 6.07) is 49.0. The molecule has 46 heavy (non-hydrogen) atoms. The van der Waals surface area contributed by atoms with E-state index in [0.717, 1.165) is 38.5 Å². The van der Waals surface area contributed by atoms with Crippen molar-refractivity contribution in [2.75, 3.05) is 0 Å². The summed E-state index contributed by atoms with van der Waals surface area (Å²) < 4.78 is 0. The minimum atomic E-state index is -0.0500. The molecule has 0 aliphatic heterocycles. The van der Waals surface area contributed by atoms with Crippen LogP contribution in [-0.4, -0.2) is 19.9 Å². The van der Waals surface area contributed by atoms with E-state index in [1.165, 1.54) is 33.4 Å². The number of nitrogens with zero attached hydrogens (tertiary/aromatic N) is 3. The van der Waals surface area contributed by atoms with Crippen LogP contribution in [0.3, 0.4) is 0 Å². The third-order valence-corrected chi connectivity index (χ3v) is 9.48. The van der Waals surface area contributed by atoms with Crippen molar-refractivity contribution in [2.24, 2.45) is 0 Å². The van der Waals surface area contributed by atoms with Crippen molar-refractivity contribution in [3.05, 3.63) is 151 Å². The van der Waals surface area contributed by atoms with E-state index in [2.05, 4.69) is 97.7 Å². The molecule has 6 aromatic carbocycles. The van der Waals surface area contributed by atoms with Crippen molar-refractivity contribution < 1.29 is 0 Å². The fraction of sp³-hybridized carbons (Fsp3) is 0.0714. The van der Waals surface area contributed by atoms with Gasteiger partial charge in [-0.25, -0.2) is 15.0 Å². The minimum Gasteiger partial charge on any atom is -0.354 e. The van der Waals surface area contributed by atoms with Crippen LogP contribution in [0.5, 0.6) is 0 Å². The first kappa shape index (κ1) is 26.5. The topological polar surface area (TPSA) is 54.5 Å². The van der Waals surface area contributed by atoms with Gasteiger partial charge in [-0.3, -0.25) is 0 Å². The largest absolute Gasteiger partial charge is 0.354 e. The zero-order chi connectivity index (χ0) is 30.8. The molecule has 8 aromatic rings. The monoisotopic (exact) mass is 590 g/mol. The van der Waals surface area contributed by atoms with Crippen LogP contribution in [0.15, 0.2) is 140 Å². The van der Waals surface area contributed by atoms with Gasteiger partial charge in [-0.15, -0.1) is 0 Å². The van der Waals surface area contributed by atoms with Crippen LogP contribution in [-0.2, 0) is 5.41 Å². The van der Waals surface area contributed by atoms with Crippen LogP contribution >= 0.6 is 0 Å². The first-order valence-electron chi connectivity index (χ1n) is 15.7. The fourth-order valence-electron chi connectivity index (χ4n) is 7.23. The predicted octanol–water partition coefficient (Wildman–Crippen LogP) is 10.5. The molecule has 4 heteroatoms. The lowest BCUT2D eigenvalue weighted by molar-refractivity contribution is 0.660. The Morgan fingerprint density at radius 3 is 1.78 bits per heavy atom. The Hall–Kier alpha value is -5.87. The van der Waals surface area contributed by atoms with Gasteiger partial charge >= 0.3 is 0 Å². The number of hydrogen-bond acceptors (Lipinski definition) is 3. The van der Waals surface area contributed by atoms with Crippen LogP contribution in [0.1, 0.15) is 25.0 Å². The summed E-state index contributed by atoms with van der Waals surface area (Å²) >= 11 is 0. The first-order chi connectivity index (χ1) is 22.6. The number of nitrogens with one attached hydrogen (secondary N) is 1. The van der Waals surface area contributed by atoms with Gasteiger partial charge in [0.05, 0.1) is 0 Å². The van der Waals surface area contributed by atoms with Crippen LogP contribution in [0.4, 0.5) is 0 Å². The molecule has 1 aliphatic carbocycles. The van der Waals surface area contributed by atoms with Crippen LogP contribution in [0.25, 0.3) is 78.2 Å². The van der Waals surface area contributed by atoms with E-state index in [1.807, 2.05) is 60.7 Å². The molecule has 0 unspecified atom stereocenters. The van der Waals surface area contributed by atoms with Crippen LogP contribution in [0.2, 0.25) is 0 Å². The molecule has 0 bridgehead atoms. The smallest absolute Gasteiger partial charge is 0.164 e. The quantitative estimate of drug-likeness (QED) is 0.222. The molecule has 0 saturated carbocycles. The van der Waals surface area contributed by atoms with Crippen molar-refractivity contribution in [3.63, 3.8) is 0 Å². The lowest BCUT2D eigenvalue weighted by atomic mass is 9.82. The van der Waals surface area contributed by atoms with E-state index in [-0.39, 0.29) is 5.41 Å². The summed E-state index contributed by atoms with van der Waals surface area (Å²) in [5.74, 6) is 1.96. The molecule has 1 aliphatic rings. The normalized spacial score (nSPS) is 13.2. The van der Waals surface area contributed by atoms with E-state index in [4.69, 9.17) is 15.0 Å². The summed E-state index contributed by atoms with van der Waals surface area (Å²) in [6.45, 7) is 4.66. The fourth-order valence-corrected chi connectivity index (χ4v) is 7.23. The highest BCUT2D eigenvalue weighted by Crippen LogP contribution is 2.52. The Balaban J connectivity index is 1.27. The first-order valence-corrected chi connectivity index (χ1v) is 15.7. The Labute approximate surface area is 267 Å². The second-order valence-corrected chi connectivity index (χ2v) is 12.6. The molecular formula is C42H30N4. The highest BCUT2D eigenvalue weighted by Gasteiger charge is 2.36. The predicted molar refractivity (Wildman–Crippen MR) is 188 cm³/mol. The van der Waals surface area contributed by atoms with Crippen molar-refractivity contribution >= 4 is 21.8 Å². The standard InChI is InChI=1S/C42H30N4/c1-42(2)33-20-10-9-17-30(33)37-29(18-11-21-34(37)42)28-23-24-35-32(25-28)38-31(19-12-22-36(38)43-35)41-45-39(26-13-5-3-6-14-26)44-40(46-41)27-15-7-4-8-16-27/h3-25,43H,1-2H3. The number of benzene rings is 6. The average molecular weight is 591 g/mol. The van der Waals surface area contributed by atoms with Gasteiger partial charge < -0.3 is 4.98 Å². The van der Waals surface area contributed by atoms with Crippen molar-refractivity contribution in [1.82, 2.24) is 19.9 Å². The third-order valence-electron chi connectivity index (χ3n) is 9.48. The van der Waals surface area contributed by atoms with E-state index >= 15 is 0 Å². The van der Waals surface area contributed by atoms with Gasteiger partial charge in [0, 0.05) is 43.9 Å². The molecule has 1 N–H and O–H groups in total. The Morgan fingerprint density at radius 2 is 1.04 bits per heavy atom. The maximum absolute atomic E-state index is 5.07. The number of aromatic amines is 1. The highest BCUT2D eigenvalue weighted by molar-refractivity contribution is 6.15. The summed E-state index contributed by atoms with van der Waals surface area (Å²) in [6.07, 6.45) is 0. The summed E-state index contributed by atoms with van der Waals surface area (Å²) in [5.41, 5.74) is 12.8. The zero-order valence-corrected chi connectivity index (χ0v) is 25.6. The maximum Gasteiger partial charge on any atom is 0.164 e. The molecule has 0 fully saturated rings.